The van der Waals surface area contributed by atoms with Crippen LogP contribution < -0.4 is 0 Å². The quantitative estimate of drug-likeness (QED) is 0.551. The van der Waals surface area contributed by atoms with Crippen molar-refractivity contribution in [3.63, 3.8) is 0 Å². The number of carbonyl (C=O) groups excluding carboxylic acids is 1. The molecule has 1 aliphatic heterocycles. The molecule has 0 N–H and O–H groups in total. The van der Waals surface area contributed by atoms with E-state index in [1.165, 1.54) is 64.9 Å². The second kappa shape index (κ2) is 7.13. The molecule has 2 fully saturated rings. The molecule has 1 unspecified atom stereocenters. The van der Waals surface area contributed by atoms with Crippen LogP contribution in [0.2, 0.25) is 0 Å². The fourth-order valence-electron chi connectivity index (χ4n) is 4.20. The Hall–Kier alpha value is -0.570. The van der Waals surface area contributed by atoms with Crippen molar-refractivity contribution >= 4 is 5.97 Å². The minimum Gasteiger partial charge on any atom is -0.467 e. The molecule has 3 heteroatoms. The molecule has 0 bridgehead atoms. The number of esters is 1. The van der Waals surface area contributed by atoms with Crippen LogP contribution in [0.25, 0.3) is 0 Å². The molecule has 122 valence electrons. The third kappa shape index (κ3) is 3.28. The van der Waals surface area contributed by atoms with E-state index < -0.39 is 5.60 Å². The number of rotatable bonds is 2. The lowest BCUT2D eigenvalue weighted by Crippen LogP contribution is -2.40. The molecule has 1 saturated carbocycles. The van der Waals surface area contributed by atoms with Gasteiger partial charge in [-0.3, -0.25) is 0 Å². The highest BCUT2D eigenvalue weighted by molar-refractivity contribution is 5.85. The molecule has 0 aromatic rings. The fourth-order valence-corrected chi connectivity index (χ4v) is 4.20. The van der Waals surface area contributed by atoms with Crippen molar-refractivity contribution in [1.82, 2.24) is 0 Å². The first-order chi connectivity index (χ1) is 10.1. The zero-order chi connectivity index (χ0) is 15.3. The summed E-state index contributed by atoms with van der Waals surface area (Å²) < 4.78 is 11.3. The Morgan fingerprint density at radius 2 is 1.33 bits per heavy atom. The predicted octanol–water partition coefficient (Wildman–Crippen LogP) is 4.63. The van der Waals surface area contributed by atoms with Crippen LogP contribution in [0, 0.1) is 5.92 Å². The molecule has 1 saturated heterocycles. The van der Waals surface area contributed by atoms with Gasteiger partial charge in [0.1, 0.15) is 5.60 Å². The third-order valence-corrected chi connectivity index (χ3v) is 5.45. The van der Waals surface area contributed by atoms with E-state index in [1.807, 2.05) is 0 Å². The zero-order valence-corrected chi connectivity index (χ0v) is 14.1. The lowest BCUT2D eigenvalue weighted by Gasteiger charge is -2.22. The first kappa shape index (κ1) is 16.8. The van der Waals surface area contributed by atoms with Crippen LogP contribution in [0.15, 0.2) is 0 Å². The summed E-state index contributed by atoms with van der Waals surface area (Å²) in [6.45, 7) is 4.17. The van der Waals surface area contributed by atoms with Crippen molar-refractivity contribution in [2.24, 2.45) is 5.92 Å². The van der Waals surface area contributed by atoms with E-state index >= 15 is 0 Å². The van der Waals surface area contributed by atoms with Crippen molar-refractivity contribution in [2.75, 3.05) is 7.11 Å². The molecule has 0 aromatic heterocycles. The largest absolute Gasteiger partial charge is 0.467 e. The number of ether oxygens (including phenoxy) is 2. The summed E-state index contributed by atoms with van der Waals surface area (Å²) in [7, 11) is 1.48. The van der Waals surface area contributed by atoms with E-state index in [1.54, 1.807) is 0 Å². The van der Waals surface area contributed by atoms with E-state index in [0.717, 1.165) is 12.8 Å². The van der Waals surface area contributed by atoms with E-state index in [4.69, 9.17) is 9.47 Å². The molecule has 2 aliphatic rings. The van der Waals surface area contributed by atoms with Gasteiger partial charge in [-0.2, -0.15) is 0 Å². The summed E-state index contributed by atoms with van der Waals surface area (Å²) in [5.41, 5.74) is -0.917. The Bertz CT molecular complexity index is 338. The van der Waals surface area contributed by atoms with Gasteiger partial charge in [0.25, 0.3) is 0 Å². The van der Waals surface area contributed by atoms with Crippen LogP contribution in [0.5, 0.6) is 0 Å². The van der Waals surface area contributed by atoms with E-state index in [2.05, 4.69) is 13.8 Å². The van der Waals surface area contributed by atoms with Crippen molar-refractivity contribution in [2.45, 2.75) is 95.7 Å². The summed E-state index contributed by atoms with van der Waals surface area (Å²) in [6, 6.07) is 0. The Kier molecular flexibility index (Phi) is 5.70. The van der Waals surface area contributed by atoms with Gasteiger partial charge in [-0.1, -0.05) is 71.6 Å². The lowest BCUT2D eigenvalue weighted by atomic mass is 9.77. The molecule has 0 amide bonds. The maximum absolute atomic E-state index is 12.3. The van der Waals surface area contributed by atoms with Gasteiger partial charge < -0.3 is 9.47 Å². The highest BCUT2D eigenvalue weighted by Crippen LogP contribution is 2.59. The van der Waals surface area contributed by atoms with Crippen LogP contribution >= 0.6 is 0 Å². The van der Waals surface area contributed by atoms with Crippen LogP contribution in [0.3, 0.4) is 0 Å². The SMILES string of the molecule is COC(=O)C1(C(C)C)OC12CCCCCCCCCCC2. The van der Waals surface area contributed by atoms with Crippen molar-refractivity contribution < 1.29 is 14.3 Å². The average molecular weight is 296 g/mol. The first-order valence-electron chi connectivity index (χ1n) is 8.88. The van der Waals surface area contributed by atoms with Gasteiger partial charge in [-0.15, -0.1) is 0 Å². The van der Waals surface area contributed by atoms with Gasteiger partial charge in [-0.05, 0) is 18.8 Å². The standard InChI is InChI=1S/C18H32O3/c1-15(2)18(16(19)20-3)17(21-18)13-11-9-7-5-4-6-8-10-12-14-17/h15H,4-14H2,1-3H3. The minimum atomic E-state index is -0.675. The maximum atomic E-state index is 12.3. The van der Waals surface area contributed by atoms with Crippen molar-refractivity contribution in [1.29, 1.82) is 0 Å². The topological polar surface area (TPSA) is 38.8 Å². The zero-order valence-electron chi connectivity index (χ0n) is 14.1. The van der Waals surface area contributed by atoms with Crippen LogP contribution in [-0.2, 0) is 14.3 Å². The Labute approximate surface area is 129 Å². The van der Waals surface area contributed by atoms with Gasteiger partial charge in [0, 0.05) is 0 Å². The van der Waals surface area contributed by atoms with E-state index in [-0.39, 0.29) is 17.5 Å². The lowest BCUT2D eigenvalue weighted by molar-refractivity contribution is -0.148. The molecular weight excluding hydrogens is 264 g/mol. The van der Waals surface area contributed by atoms with Crippen LogP contribution in [-0.4, -0.2) is 24.3 Å². The summed E-state index contributed by atoms with van der Waals surface area (Å²) in [4.78, 5) is 12.3. The molecule has 1 atom stereocenters. The average Bonchev–Trinajstić information content (AvgIpc) is 3.13. The summed E-state index contributed by atoms with van der Waals surface area (Å²) in [5, 5.41) is 0. The molecule has 0 radical (unpaired) electrons. The first-order valence-corrected chi connectivity index (χ1v) is 8.88. The summed E-state index contributed by atoms with van der Waals surface area (Å²) in [5.74, 6) is 0.0162. The Morgan fingerprint density at radius 3 is 1.71 bits per heavy atom. The van der Waals surface area contributed by atoms with E-state index in [0.29, 0.717) is 0 Å². The van der Waals surface area contributed by atoms with Crippen LogP contribution in [0.4, 0.5) is 0 Å². The molecule has 3 nitrogen and oxygen atoms in total. The van der Waals surface area contributed by atoms with Crippen LogP contribution in [0.1, 0.15) is 84.5 Å². The summed E-state index contributed by atoms with van der Waals surface area (Å²) in [6.07, 6.45) is 13.7. The highest BCUT2D eigenvalue weighted by Gasteiger charge is 2.75. The van der Waals surface area contributed by atoms with E-state index in [9.17, 15) is 4.79 Å². The maximum Gasteiger partial charge on any atom is 0.341 e. The van der Waals surface area contributed by atoms with Crippen molar-refractivity contribution in [3.8, 4) is 0 Å². The predicted molar refractivity (Wildman–Crippen MR) is 84.2 cm³/mol. The minimum absolute atomic E-state index is 0.162. The normalized spacial score (nSPS) is 30.5. The van der Waals surface area contributed by atoms with Gasteiger partial charge in [0.2, 0.25) is 0 Å². The Balaban J connectivity index is 2.07. The molecule has 21 heavy (non-hydrogen) atoms. The number of epoxide rings is 1. The number of hydrogen-bond acceptors (Lipinski definition) is 3. The van der Waals surface area contributed by atoms with Crippen molar-refractivity contribution in [3.05, 3.63) is 0 Å². The molecule has 1 spiro atoms. The smallest absolute Gasteiger partial charge is 0.341 e. The second-order valence-electron chi connectivity index (χ2n) is 7.16. The highest BCUT2D eigenvalue weighted by atomic mass is 16.7. The molecular formula is C18H32O3. The Morgan fingerprint density at radius 1 is 0.905 bits per heavy atom. The third-order valence-electron chi connectivity index (χ3n) is 5.45. The van der Waals surface area contributed by atoms with Gasteiger partial charge >= 0.3 is 5.97 Å². The monoisotopic (exact) mass is 296 g/mol. The second-order valence-corrected chi connectivity index (χ2v) is 7.16. The number of hydrogen-bond donors (Lipinski definition) is 0. The molecule has 1 aliphatic carbocycles. The number of methoxy groups -OCH3 is 1. The van der Waals surface area contributed by atoms with Gasteiger partial charge in [0.15, 0.2) is 5.60 Å². The molecule has 2 rings (SSSR count). The molecule has 1 heterocycles. The van der Waals surface area contributed by atoms with Gasteiger partial charge in [0.05, 0.1) is 7.11 Å². The fraction of sp³-hybridized carbons (Fsp3) is 0.944. The van der Waals surface area contributed by atoms with Gasteiger partial charge in [-0.25, -0.2) is 4.79 Å². The summed E-state index contributed by atoms with van der Waals surface area (Å²) >= 11 is 0. The molecule has 0 aromatic carbocycles. The number of carbonyl (C=O) groups is 1.